The number of hydrogen-bond donors (Lipinski definition) is 2. The standard InChI is InChI=1S/C19H22FN3O3/c20-16-6-4-15(5-7-16)11-19(14-24)13-23(9-10-26-19)12-18(25)22-17-3-1-2-8-21-17/h1-8,24H,9-14H2,(H,21,22,25)/t19-/m1/s1. The maximum atomic E-state index is 13.1. The van der Waals surface area contributed by atoms with Crippen LogP contribution in [0.3, 0.4) is 0 Å². The van der Waals surface area contributed by atoms with Crippen LogP contribution in [0.4, 0.5) is 10.2 Å². The van der Waals surface area contributed by atoms with E-state index in [-0.39, 0.29) is 24.9 Å². The molecule has 1 aliphatic heterocycles. The van der Waals surface area contributed by atoms with Crippen LogP contribution in [-0.4, -0.2) is 59.3 Å². The second-order valence-corrected chi connectivity index (χ2v) is 6.47. The third-order valence-electron chi connectivity index (χ3n) is 4.35. The summed E-state index contributed by atoms with van der Waals surface area (Å²) < 4.78 is 18.9. The Bertz CT molecular complexity index is 727. The maximum Gasteiger partial charge on any atom is 0.239 e. The molecule has 1 amide bonds. The number of halogens is 1. The van der Waals surface area contributed by atoms with Crippen LogP contribution in [0.25, 0.3) is 0 Å². The van der Waals surface area contributed by atoms with Gasteiger partial charge in [0.1, 0.15) is 17.2 Å². The van der Waals surface area contributed by atoms with E-state index in [1.54, 1.807) is 36.5 Å². The van der Waals surface area contributed by atoms with Crippen LogP contribution in [0.2, 0.25) is 0 Å². The lowest BCUT2D eigenvalue weighted by atomic mass is 9.93. The van der Waals surface area contributed by atoms with Gasteiger partial charge >= 0.3 is 0 Å². The van der Waals surface area contributed by atoms with Gasteiger partial charge in [-0.15, -0.1) is 0 Å². The number of carbonyl (C=O) groups excluding carboxylic acids is 1. The molecule has 2 N–H and O–H groups in total. The fourth-order valence-corrected chi connectivity index (χ4v) is 3.11. The zero-order valence-electron chi connectivity index (χ0n) is 14.4. The van der Waals surface area contributed by atoms with Crippen LogP contribution in [-0.2, 0) is 16.0 Å². The smallest absolute Gasteiger partial charge is 0.239 e. The van der Waals surface area contributed by atoms with E-state index in [0.29, 0.717) is 31.9 Å². The van der Waals surface area contributed by atoms with Crippen molar-refractivity contribution in [2.75, 3.05) is 38.2 Å². The first kappa shape index (κ1) is 18.4. The van der Waals surface area contributed by atoms with Crippen molar-refractivity contribution in [3.8, 4) is 0 Å². The summed E-state index contributed by atoms with van der Waals surface area (Å²) in [5.74, 6) is 0.0360. The first-order valence-corrected chi connectivity index (χ1v) is 8.51. The molecule has 0 saturated carbocycles. The van der Waals surface area contributed by atoms with E-state index in [0.717, 1.165) is 5.56 Å². The van der Waals surface area contributed by atoms with E-state index >= 15 is 0 Å². The van der Waals surface area contributed by atoms with Crippen molar-refractivity contribution in [3.05, 3.63) is 60.0 Å². The molecule has 1 aromatic carbocycles. The van der Waals surface area contributed by atoms with Gasteiger partial charge in [-0.2, -0.15) is 0 Å². The Labute approximate surface area is 151 Å². The van der Waals surface area contributed by atoms with Crippen LogP contribution >= 0.6 is 0 Å². The van der Waals surface area contributed by atoms with Gasteiger partial charge in [-0.1, -0.05) is 18.2 Å². The highest BCUT2D eigenvalue weighted by Crippen LogP contribution is 2.23. The summed E-state index contributed by atoms with van der Waals surface area (Å²) in [6.45, 7) is 1.43. The SMILES string of the molecule is O=C(CN1CCO[C@](CO)(Cc2ccc(F)cc2)C1)Nc1ccccn1. The molecule has 138 valence electrons. The highest BCUT2D eigenvalue weighted by atomic mass is 19.1. The number of benzene rings is 1. The van der Waals surface area contributed by atoms with Crippen molar-refractivity contribution in [3.63, 3.8) is 0 Å². The summed E-state index contributed by atoms with van der Waals surface area (Å²) in [6.07, 6.45) is 2.06. The number of morpholine rings is 1. The van der Waals surface area contributed by atoms with E-state index in [9.17, 15) is 14.3 Å². The monoisotopic (exact) mass is 359 g/mol. The Balaban J connectivity index is 1.61. The number of carbonyl (C=O) groups is 1. The van der Waals surface area contributed by atoms with Gasteiger partial charge in [-0.05, 0) is 29.8 Å². The first-order chi connectivity index (χ1) is 12.6. The first-order valence-electron chi connectivity index (χ1n) is 8.51. The Kier molecular flexibility index (Phi) is 5.92. The molecule has 1 fully saturated rings. The van der Waals surface area contributed by atoms with E-state index < -0.39 is 5.60 Å². The second kappa shape index (κ2) is 8.35. The molecule has 26 heavy (non-hydrogen) atoms. The summed E-state index contributed by atoms with van der Waals surface area (Å²) in [7, 11) is 0. The van der Waals surface area contributed by atoms with Crippen LogP contribution in [0.5, 0.6) is 0 Å². The molecule has 6 nitrogen and oxygen atoms in total. The van der Waals surface area contributed by atoms with Crippen LogP contribution in [0.15, 0.2) is 48.7 Å². The van der Waals surface area contributed by atoms with Crippen molar-refractivity contribution in [1.82, 2.24) is 9.88 Å². The van der Waals surface area contributed by atoms with Crippen molar-refractivity contribution >= 4 is 11.7 Å². The average Bonchev–Trinajstić information content (AvgIpc) is 2.65. The largest absolute Gasteiger partial charge is 0.393 e. The normalized spacial score (nSPS) is 20.7. The molecule has 2 aromatic rings. The number of nitrogens with zero attached hydrogens (tertiary/aromatic N) is 2. The number of aliphatic hydroxyl groups is 1. The molecule has 0 bridgehead atoms. The topological polar surface area (TPSA) is 74.7 Å². The molecule has 1 aromatic heterocycles. The molecular weight excluding hydrogens is 337 g/mol. The zero-order chi connectivity index (χ0) is 18.4. The zero-order valence-corrected chi connectivity index (χ0v) is 14.4. The Morgan fingerprint density at radius 3 is 2.81 bits per heavy atom. The Hall–Kier alpha value is -2.35. The van der Waals surface area contributed by atoms with Crippen LogP contribution in [0, 0.1) is 5.82 Å². The molecule has 0 aliphatic carbocycles. The van der Waals surface area contributed by atoms with Gasteiger partial charge in [0, 0.05) is 25.7 Å². The van der Waals surface area contributed by atoms with E-state index in [1.165, 1.54) is 12.1 Å². The lowest BCUT2D eigenvalue weighted by molar-refractivity contribution is -0.138. The number of nitrogens with one attached hydrogen (secondary N) is 1. The molecule has 2 heterocycles. The van der Waals surface area contributed by atoms with Crippen LogP contribution in [0.1, 0.15) is 5.56 Å². The number of rotatable bonds is 6. The predicted molar refractivity (Wildman–Crippen MR) is 95.2 cm³/mol. The van der Waals surface area contributed by atoms with Gasteiger partial charge < -0.3 is 15.2 Å². The third-order valence-corrected chi connectivity index (χ3v) is 4.35. The number of aliphatic hydroxyl groups excluding tert-OH is 1. The molecule has 0 spiro atoms. The molecule has 0 unspecified atom stereocenters. The number of aromatic nitrogens is 1. The highest BCUT2D eigenvalue weighted by molar-refractivity contribution is 5.91. The van der Waals surface area contributed by atoms with Gasteiger partial charge in [-0.3, -0.25) is 9.69 Å². The van der Waals surface area contributed by atoms with Crippen molar-refractivity contribution in [1.29, 1.82) is 0 Å². The van der Waals surface area contributed by atoms with Crippen molar-refractivity contribution < 1.29 is 19.0 Å². The maximum absolute atomic E-state index is 13.1. The number of hydrogen-bond acceptors (Lipinski definition) is 5. The highest BCUT2D eigenvalue weighted by Gasteiger charge is 2.37. The van der Waals surface area contributed by atoms with Gasteiger partial charge in [0.25, 0.3) is 0 Å². The molecule has 3 rings (SSSR count). The van der Waals surface area contributed by atoms with Gasteiger partial charge in [0.2, 0.25) is 5.91 Å². The number of anilines is 1. The summed E-state index contributed by atoms with van der Waals surface area (Å²) in [4.78, 5) is 18.3. The summed E-state index contributed by atoms with van der Waals surface area (Å²) in [5, 5.41) is 12.7. The fourth-order valence-electron chi connectivity index (χ4n) is 3.11. The fraction of sp³-hybridized carbons (Fsp3) is 0.368. The van der Waals surface area contributed by atoms with E-state index in [2.05, 4.69) is 10.3 Å². The van der Waals surface area contributed by atoms with Gasteiger partial charge in [-0.25, -0.2) is 9.37 Å². The molecule has 1 aliphatic rings. The summed E-state index contributed by atoms with van der Waals surface area (Å²) in [6, 6.07) is 11.5. The number of amides is 1. The predicted octanol–water partition coefficient (Wildman–Crippen LogP) is 1.47. The molecule has 1 atom stereocenters. The minimum atomic E-state index is -0.804. The van der Waals surface area contributed by atoms with E-state index in [1.807, 2.05) is 4.90 Å². The minimum absolute atomic E-state index is 0.167. The van der Waals surface area contributed by atoms with Crippen molar-refractivity contribution in [2.24, 2.45) is 0 Å². The lowest BCUT2D eigenvalue weighted by Gasteiger charge is -2.41. The summed E-state index contributed by atoms with van der Waals surface area (Å²) in [5.41, 5.74) is 0.0710. The van der Waals surface area contributed by atoms with Gasteiger partial charge in [0.05, 0.1) is 19.8 Å². The van der Waals surface area contributed by atoms with Crippen molar-refractivity contribution in [2.45, 2.75) is 12.0 Å². The molecular formula is C19H22FN3O3. The molecule has 0 radical (unpaired) electrons. The van der Waals surface area contributed by atoms with Crippen LogP contribution < -0.4 is 5.32 Å². The summed E-state index contributed by atoms with van der Waals surface area (Å²) >= 11 is 0. The molecule has 7 heteroatoms. The Morgan fingerprint density at radius 2 is 2.12 bits per heavy atom. The lowest BCUT2D eigenvalue weighted by Crippen LogP contribution is -2.56. The Morgan fingerprint density at radius 1 is 1.31 bits per heavy atom. The third kappa shape index (κ3) is 4.85. The average molecular weight is 359 g/mol. The number of ether oxygens (including phenoxy) is 1. The quantitative estimate of drug-likeness (QED) is 0.817. The minimum Gasteiger partial charge on any atom is -0.393 e. The van der Waals surface area contributed by atoms with Gasteiger partial charge in [0.15, 0.2) is 0 Å². The second-order valence-electron chi connectivity index (χ2n) is 6.47. The van der Waals surface area contributed by atoms with E-state index in [4.69, 9.17) is 4.74 Å². The molecule has 1 saturated heterocycles. The number of pyridine rings is 1.